The lowest BCUT2D eigenvalue weighted by Gasteiger charge is -2.16. The van der Waals surface area contributed by atoms with E-state index in [2.05, 4.69) is 26.1 Å². The summed E-state index contributed by atoms with van der Waals surface area (Å²) in [6, 6.07) is 22.3. The lowest BCUT2D eigenvalue weighted by atomic mass is 10.1. The maximum absolute atomic E-state index is 13.1. The fraction of sp³-hybridized carbons (Fsp3) is 0.0400. The van der Waals surface area contributed by atoms with Gasteiger partial charge in [0.1, 0.15) is 11.8 Å². The van der Waals surface area contributed by atoms with Crippen LogP contribution in [-0.4, -0.2) is 17.8 Å². The van der Waals surface area contributed by atoms with Crippen LogP contribution in [0.15, 0.2) is 103 Å². The largest absolute Gasteiger partial charge is 0.463 e. The number of amides is 1. The van der Waals surface area contributed by atoms with Gasteiger partial charge in [0.2, 0.25) is 5.43 Å². The smallest absolute Gasteiger partial charge is 0.279 e. The summed E-state index contributed by atoms with van der Waals surface area (Å²) < 4.78 is 6.47. The van der Waals surface area contributed by atoms with Crippen LogP contribution >= 0.6 is 15.9 Å². The standard InChI is InChI=1S/C25H16BrN3O3/c26-18-11-9-16(10-12-18)14-29-21-7-3-1-5-19(21)23(25(29)31)28-27-13-17-15-32-22-8-4-2-6-20(22)24(17)30/h1-13,15H,14H2/b27-13+,28-23-. The van der Waals surface area contributed by atoms with Gasteiger partial charge in [-0.2, -0.15) is 5.10 Å². The molecule has 0 saturated heterocycles. The van der Waals surface area contributed by atoms with Crippen molar-refractivity contribution in [1.82, 2.24) is 0 Å². The first-order valence-corrected chi connectivity index (χ1v) is 10.7. The molecule has 5 rings (SSSR count). The van der Waals surface area contributed by atoms with E-state index < -0.39 is 0 Å². The van der Waals surface area contributed by atoms with Crippen molar-refractivity contribution in [1.29, 1.82) is 0 Å². The van der Waals surface area contributed by atoms with Crippen LogP contribution in [0.3, 0.4) is 0 Å². The second kappa shape index (κ2) is 8.36. The fourth-order valence-electron chi connectivity index (χ4n) is 3.62. The average molecular weight is 486 g/mol. The van der Waals surface area contributed by atoms with Gasteiger partial charge in [0.05, 0.1) is 29.4 Å². The Kier molecular flexibility index (Phi) is 5.25. The van der Waals surface area contributed by atoms with Gasteiger partial charge in [-0.15, -0.1) is 5.10 Å². The van der Waals surface area contributed by atoms with Gasteiger partial charge in [0, 0.05) is 10.0 Å². The molecule has 4 aromatic rings. The molecule has 6 nitrogen and oxygen atoms in total. The molecule has 0 bridgehead atoms. The third-order valence-electron chi connectivity index (χ3n) is 5.21. The maximum Gasteiger partial charge on any atom is 0.279 e. The van der Waals surface area contributed by atoms with Gasteiger partial charge in [-0.1, -0.05) is 58.4 Å². The number of fused-ring (bicyclic) bond motifs is 2. The third-order valence-corrected chi connectivity index (χ3v) is 5.74. The molecular formula is C25H16BrN3O3. The first-order chi connectivity index (χ1) is 15.6. The van der Waals surface area contributed by atoms with Crippen molar-refractivity contribution in [2.75, 3.05) is 4.90 Å². The molecule has 7 heteroatoms. The highest BCUT2D eigenvalue weighted by molar-refractivity contribution is 9.10. The zero-order chi connectivity index (χ0) is 22.1. The Morgan fingerprint density at radius 3 is 2.53 bits per heavy atom. The van der Waals surface area contributed by atoms with Crippen molar-refractivity contribution in [2.24, 2.45) is 10.2 Å². The number of para-hydroxylation sites is 2. The van der Waals surface area contributed by atoms with Crippen LogP contribution in [0.25, 0.3) is 11.0 Å². The van der Waals surface area contributed by atoms with E-state index >= 15 is 0 Å². The quantitative estimate of drug-likeness (QED) is 0.304. The van der Waals surface area contributed by atoms with Crippen molar-refractivity contribution in [3.05, 3.63) is 110 Å². The molecule has 0 saturated carbocycles. The molecule has 2 heterocycles. The van der Waals surface area contributed by atoms with Gasteiger partial charge < -0.3 is 9.32 Å². The van der Waals surface area contributed by atoms with Crippen LogP contribution in [0.2, 0.25) is 0 Å². The molecule has 3 aromatic carbocycles. The topological polar surface area (TPSA) is 75.2 Å². The predicted octanol–water partition coefficient (Wildman–Crippen LogP) is 4.93. The molecule has 1 amide bonds. The number of carbonyl (C=O) groups is 1. The fourth-order valence-corrected chi connectivity index (χ4v) is 3.88. The molecule has 0 fully saturated rings. The van der Waals surface area contributed by atoms with Crippen LogP contribution in [0.5, 0.6) is 0 Å². The Bertz CT molecular complexity index is 1460. The van der Waals surface area contributed by atoms with Gasteiger partial charge in [-0.25, -0.2) is 0 Å². The highest BCUT2D eigenvalue weighted by Gasteiger charge is 2.33. The van der Waals surface area contributed by atoms with Crippen LogP contribution in [-0.2, 0) is 11.3 Å². The number of nitrogens with zero attached hydrogens (tertiary/aromatic N) is 3. The molecule has 1 aliphatic rings. The zero-order valence-corrected chi connectivity index (χ0v) is 18.3. The van der Waals surface area contributed by atoms with E-state index in [0.29, 0.717) is 23.1 Å². The number of anilines is 1. The van der Waals surface area contributed by atoms with Gasteiger partial charge in [0.25, 0.3) is 5.91 Å². The lowest BCUT2D eigenvalue weighted by molar-refractivity contribution is -0.112. The van der Waals surface area contributed by atoms with Gasteiger partial charge in [-0.3, -0.25) is 9.59 Å². The minimum Gasteiger partial charge on any atom is -0.463 e. The Hall–Kier alpha value is -3.84. The Labute approximate surface area is 191 Å². The Morgan fingerprint density at radius 2 is 1.69 bits per heavy atom. The van der Waals surface area contributed by atoms with E-state index in [1.165, 1.54) is 12.5 Å². The van der Waals surface area contributed by atoms with Gasteiger partial charge in [-0.05, 0) is 35.9 Å². The second-order valence-corrected chi connectivity index (χ2v) is 8.16. The normalized spacial score (nSPS) is 14.6. The Balaban J connectivity index is 1.47. The summed E-state index contributed by atoms with van der Waals surface area (Å²) in [6.07, 6.45) is 2.66. The van der Waals surface area contributed by atoms with Crippen molar-refractivity contribution in [3.8, 4) is 0 Å². The molecular weight excluding hydrogens is 470 g/mol. The van der Waals surface area contributed by atoms with E-state index in [9.17, 15) is 9.59 Å². The minimum atomic E-state index is -0.239. The molecule has 0 aliphatic carbocycles. The minimum absolute atomic E-state index is 0.203. The highest BCUT2D eigenvalue weighted by atomic mass is 79.9. The summed E-state index contributed by atoms with van der Waals surface area (Å²) in [5.41, 5.74) is 3.28. The molecule has 32 heavy (non-hydrogen) atoms. The van der Waals surface area contributed by atoms with E-state index in [1.807, 2.05) is 48.5 Å². The van der Waals surface area contributed by atoms with E-state index in [0.717, 1.165) is 15.7 Å². The van der Waals surface area contributed by atoms with Crippen LogP contribution in [0.1, 0.15) is 16.7 Å². The van der Waals surface area contributed by atoms with Crippen molar-refractivity contribution in [2.45, 2.75) is 6.54 Å². The average Bonchev–Trinajstić information content (AvgIpc) is 3.08. The summed E-state index contributed by atoms with van der Waals surface area (Å²) in [7, 11) is 0. The van der Waals surface area contributed by atoms with Crippen molar-refractivity contribution in [3.63, 3.8) is 0 Å². The first-order valence-electron chi connectivity index (χ1n) is 9.89. The molecule has 0 spiro atoms. The number of hydrogen-bond acceptors (Lipinski definition) is 5. The summed E-state index contributed by atoms with van der Waals surface area (Å²) in [5, 5.41) is 8.68. The molecule has 1 aliphatic heterocycles. The van der Waals surface area contributed by atoms with Gasteiger partial charge in [0.15, 0.2) is 5.71 Å². The number of benzene rings is 3. The highest BCUT2D eigenvalue weighted by Crippen LogP contribution is 2.31. The third kappa shape index (κ3) is 3.67. The number of rotatable bonds is 4. The van der Waals surface area contributed by atoms with Crippen molar-refractivity contribution >= 4 is 50.4 Å². The number of hydrogen-bond donors (Lipinski definition) is 0. The molecule has 1 aromatic heterocycles. The predicted molar refractivity (Wildman–Crippen MR) is 128 cm³/mol. The number of halogens is 1. The molecule has 0 atom stereocenters. The van der Waals surface area contributed by atoms with Gasteiger partial charge >= 0.3 is 0 Å². The molecule has 0 N–H and O–H groups in total. The first kappa shape index (κ1) is 20.1. The number of carbonyl (C=O) groups excluding carboxylic acids is 1. The summed E-state index contributed by atoms with van der Waals surface area (Å²) in [6.45, 7) is 0.417. The second-order valence-electron chi connectivity index (χ2n) is 7.24. The maximum atomic E-state index is 13.1. The van der Waals surface area contributed by atoms with E-state index in [4.69, 9.17) is 4.42 Å². The zero-order valence-electron chi connectivity index (χ0n) is 16.7. The van der Waals surface area contributed by atoms with E-state index in [1.54, 1.807) is 29.2 Å². The molecule has 0 radical (unpaired) electrons. The van der Waals surface area contributed by atoms with E-state index in [-0.39, 0.29) is 22.6 Å². The Morgan fingerprint density at radius 1 is 0.938 bits per heavy atom. The molecule has 0 unspecified atom stereocenters. The van der Waals surface area contributed by atoms with Crippen LogP contribution < -0.4 is 10.3 Å². The lowest BCUT2D eigenvalue weighted by Crippen LogP contribution is -2.29. The summed E-state index contributed by atoms with van der Waals surface area (Å²) >= 11 is 3.43. The summed E-state index contributed by atoms with van der Waals surface area (Å²) in [5.74, 6) is -0.239. The molecule has 156 valence electrons. The monoisotopic (exact) mass is 485 g/mol. The summed E-state index contributed by atoms with van der Waals surface area (Å²) in [4.78, 5) is 27.4. The van der Waals surface area contributed by atoms with Crippen molar-refractivity contribution < 1.29 is 9.21 Å². The SMILES string of the molecule is O=C1/C(=N\N=C\c2coc3ccccc3c2=O)c2ccccc2N1Cc1ccc(Br)cc1. The van der Waals surface area contributed by atoms with Crippen LogP contribution in [0, 0.1) is 0 Å². The van der Waals surface area contributed by atoms with Crippen LogP contribution in [0.4, 0.5) is 5.69 Å².